The first-order valence-electron chi connectivity index (χ1n) is 12.7. The van der Waals surface area contributed by atoms with Crippen LogP contribution in [0.4, 0.5) is 4.39 Å². The minimum atomic E-state index is -0.809. The van der Waals surface area contributed by atoms with Crippen LogP contribution in [0, 0.1) is 11.2 Å². The minimum absolute atomic E-state index is 0.188. The molecular formula is C26H32ClFN8O2. The highest BCUT2D eigenvalue weighted by Crippen LogP contribution is 2.30. The number of amides is 2. The van der Waals surface area contributed by atoms with Crippen molar-refractivity contribution >= 4 is 23.4 Å². The third-order valence-corrected chi connectivity index (χ3v) is 7.37. The molecule has 3 aromatic rings. The lowest BCUT2D eigenvalue weighted by Gasteiger charge is -2.36. The van der Waals surface area contributed by atoms with Crippen LogP contribution < -0.4 is 5.32 Å². The molecule has 10 nitrogen and oxygen atoms in total. The SMILES string of the molecule is CN1CCCn2c(-c3cc(Cl)ccc3F)nc(C(=O)N[C@H](C(=O)N3CCn4cnnc4C3)C(C)(C)C)c2C1. The van der Waals surface area contributed by atoms with E-state index in [1.807, 2.05) is 37.0 Å². The largest absolute Gasteiger partial charge is 0.338 e. The van der Waals surface area contributed by atoms with Crippen molar-refractivity contribution < 1.29 is 14.0 Å². The fraction of sp³-hybridized carbons (Fsp3) is 0.500. The van der Waals surface area contributed by atoms with E-state index in [2.05, 4.69) is 25.4 Å². The monoisotopic (exact) mass is 542 g/mol. The van der Waals surface area contributed by atoms with Gasteiger partial charge in [-0.05, 0) is 43.6 Å². The highest BCUT2D eigenvalue weighted by atomic mass is 35.5. The van der Waals surface area contributed by atoms with Gasteiger partial charge in [0.1, 0.15) is 24.0 Å². The third kappa shape index (κ3) is 5.04. The van der Waals surface area contributed by atoms with Gasteiger partial charge in [0.15, 0.2) is 11.5 Å². The minimum Gasteiger partial charge on any atom is -0.338 e. The average molecular weight is 543 g/mol. The smallest absolute Gasteiger partial charge is 0.272 e. The molecule has 2 aliphatic rings. The molecule has 0 radical (unpaired) electrons. The van der Waals surface area contributed by atoms with E-state index in [1.54, 1.807) is 11.2 Å². The average Bonchev–Trinajstić information content (AvgIpc) is 3.42. The lowest BCUT2D eigenvalue weighted by atomic mass is 9.85. The summed E-state index contributed by atoms with van der Waals surface area (Å²) >= 11 is 6.18. The Hall–Kier alpha value is -3.31. The van der Waals surface area contributed by atoms with Crippen molar-refractivity contribution in [2.75, 3.05) is 20.1 Å². The first-order chi connectivity index (χ1) is 18.0. The summed E-state index contributed by atoms with van der Waals surface area (Å²) in [5, 5.41) is 11.4. The number of nitrogens with one attached hydrogen (secondary N) is 1. The molecule has 38 heavy (non-hydrogen) atoms. The number of imidazole rings is 1. The summed E-state index contributed by atoms with van der Waals surface area (Å²) in [6.07, 6.45) is 2.47. The van der Waals surface area contributed by atoms with Crippen LogP contribution in [0.15, 0.2) is 24.5 Å². The second-order valence-corrected chi connectivity index (χ2v) is 11.5. The number of nitrogens with zero attached hydrogens (tertiary/aromatic N) is 7. The topological polar surface area (TPSA) is 101 Å². The summed E-state index contributed by atoms with van der Waals surface area (Å²) < 4.78 is 18.7. The number of hydrogen-bond acceptors (Lipinski definition) is 6. The maximum Gasteiger partial charge on any atom is 0.272 e. The van der Waals surface area contributed by atoms with Gasteiger partial charge in [-0.1, -0.05) is 32.4 Å². The maximum absolute atomic E-state index is 14.9. The molecule has 2 aliphatic heterocycles. The van der Waals surface area contributed by atoms with E-state index >= 15 is 0 Å². The van der Waals surface area contributed by atoms with Crippen molar-refractivity contribution in [3.63, 3.8) is 0 Å². The standard InChI is InChI=1S/C26H32ClFN8O2/c1-26(2,3)22(25(38)34-10-11-35-15-29-32-20(35)14-34)31-24(37)21-19-13-33(4)8-5-9-36(19)23(30-21)17-12-16(27)6-7-18(17)28/h6-7,12,15,22H,5,8-11,13-14H2,1-4H3,(H,31,37)/t22-/m1/s1. The Morgan fingerprint density at radius 2 is 1.92 bits per heavy atom. The van der Waals surface area contributed by atoms with Gasteiger partial charge < -0.3 is 24.3 Å². The van der Waals surface area contributed by atoms with E-state index < -0.39 is 23.2 Å². The first kappa shape index (κ1) is 26.3. The van der Waals surface area contributed by atoms with Gasteiger partial charge in [0.05, 0.1) is 17.8 Å². The van der Waals surface area contributed by atoms with Crippen LogP contribution in [-0.4, -0.2) is 72.1 Å². The lowest BCUT2D eigenvalue weighted by molar-refractivity contribution is -0.137. The van der Waals surface area contributed by atoms with Gasteiger partial charge in [0.2, 0.25) is 5.91 Å². The Balaban J connectivity index is 1.49. The summed E-state index contributed by atoms with van der Waals surface area (Å²) in [6.45, 7) is 9.02. The summed E-state index contributed by atoms with van der Waals surface area (Å²) in [5.74, 6) is -0.0593. The molecule has 0 saturated carbocycles. The van der Waals surface area contributed by atoms with E-state index in [0.717, 1.165) is 13.0 Å². The molecule has 0 aliphatic carbocycles. The van der Waals surface area contributed by atoms with E-state index in [1.165, 1.54) is 18.2 Å². The number of rotatable bonds is 4. The summed E-state index contributed by atoms with van der Waals surface area (Å²) in [7, 11) is 1.97. The fourth-order valence-corrected chi connectivity index (χ4v) is 5.23. The molecule has 1 N–H and O–H groups in total. The van der Waals surface area contributed by atoms with E-state index in [9.17, 15) is 14.0 Å². The number of hydrogen-bond donors (Lipinski definition) is 1. The summed E-state index contributed by atoms with van der Waals surface area (Å²) in [4.78, 5) is 36.0. The van der Waals surface area contributed by atoms with Gasteiger partial charge >= 0.3 is 0 Å². The second-order valence-electron chi connectivity index (χ2n) is 11.1. The Morgan fingerprint density at radius 3 is 2.68 bits per heavy atom. The second kappa shape index (κ2) is 10.1. The molecule has 12 heteroatoms. The number of fused-ring (bicyclic) bond motifs is 2. The molecule has 5 rings (SSSR count). The molecule has 0 bridgehead atoms. The maximum atomic E-state index is 14.9. The number of carbonyl (C=O) groups excluding carboxylic acids is 2. The number of aromatic nitrogens is 5. The number of halogens is 2. The predicted molar refractivity (Wildman–Crippen MR) is 140 cm³/mol. The van der Waals surface area contributed by atoms with Crippen LogP contribution in [0.5, 0.6) is 0 Å². The van der Waals surface area contributed by atoms with Crippen LogP contribution >= 0.6 is 11.6 Å². The zero-order valence-corrected chi connectivity index (χ0v) is 22.8. The van der Waals surface area contributed by atoms with Crippen LogP contribution in [0.25, 0.3) is 11.4 Å². The fourth-order valence-electron chi connectivity index (χ4n) is 5.06. The first-order valence-corrected chi connectivity index (χ1v) is 13.1. The number of carbonyl (C=O) groups is 2. The zero-order chi connectivity index (χ0) is 27.2. The molecule has 0 saturated heterocycles. The molecule has 0 fully saturated rings. The van der Waals surface area contributed by atoms with Crippen molar-refractivity contribution in [1.82, 2.24) is 39.4 Å². The Morgan fingerprint density at radius 1 is 1.13 bits per heavy atom. The lowest BCUT2D eigenvalue weighted by Crippen LogP contribution is -2.56. The van der Waals surface area contributed by atoms with E-state index in [-0.39, 0.29) is 17.2 Å². The molecule has 2 aromatic heterocycles. The molecule has 1 atom stereocenters. The summed E-state index contributed by atoms with van der Waals surface area (Å²) in [5.41, 5.74) is 0.535. The van der Waals surface area contributed by atoms with Gasteiger partial charge in [-0.25, -0.2) is 9.37 Å². The van der Waals surface area contributed by atoms with Gasteiger partial charge in [-0.3, -0.25) is 9.59 Å². The van der Waals surface area contributed by atoms with Crippen LogP contribution in [0.3, 0.4) is 0 Å². The molecular weight excluding hydrogens is 511 g/mol. The Kier molecular flexibility index (Phi) is 6.99. The predicted octanol–water partition coefficient (Wildman–Crippen LogP) is 2.96. The molecule has 4 heterocycles. The molecule has 0 unspecified atom stereocenters. The number of benzene rings is 1. The van der Waals surface area contributed by atoms with Crippen molar-refractivity contribution in [2.45, 2.75) is 59.4 Å². The quantitative estimate of drug-likeness (QED) is 0.544. The van der Waals surface area contributed by atoms with Gasteiger partial charge in [0, 0.05) is 31.2 Å². The van der Waals surface area contributed by atoms with Crippen molar-refractivity contribution in [3.05, 3.63) is 52.6 Å². The molecule has 1 aromatic carbocycles. The van der Waals surface area contributed by atoms with Gasteiger partial charge in [-0.15, -0.1) is 10.2 Å². The van der Waals surface area contributed by atoms with Crippen molar-refractivity contribution in [3.8, 4) is 11.4 Å². The van der Waals surface area contributed by atoms with Crippen LogP contribution in [0.2, 0.25) is 5.02 Å². The van der Waals surface area contributed by atoms with Crippen molar-refractivity contribution in [1.29, 1.82) is 0 Å². The molecule has 202 valence electrons. The summed E-state index contributed by atoms with van der Waals surface area (Å²) in [6, 6.07) is 3.50. The van der Waals surface area contributed by atoms with Crippen molar-refractivity contribution in [2.24, 2.45) is 5.41 Å². The van der Waals surface area contributed by atoms with E-state index in [0.29, 0.717) is 55.1 Å². The Labute approximate surface area is 225 Å². The Bertz CT molecular complexity index is 1380. The van der Waals surface area contributed by atoms with Gasteiger partial charge in [-0.2, -0.15) is 0 Å². The molecule has 0 spiro atoms. The van der Waals surface area contributed by atoms with E-state index in [4.69, 9.17) is 11.6 Å². The molecule has 2 amide bonds. The normalized spacial score (nSPS) is 16.9. The third-order valence-electron chi connectivity index (χ3n) is 7.14. The van der Waals surface area contributed by atoms with Crippen LogP contribution in [0.1, 0.15) is 49.2 Å². The van der Waals surface area contributed by atoms with Crippen LogP contribution in [-0.2, 0) is 31.0 Å². The highest BCUT2D eigenvalue weighted by Gasteiger charge is 2.38. The van der Waals surface area contributed by atoms with Gasteiger partial charge in [0.25, 0.3) is 5.91 Å². The highest BCUT2D eigenvalue weighted by molar-refractivity contribution is 6.30. The zero-order valence-electron chi connectivity index (χ0n) is 22.0.